The number of benzene rings is 1. The topological polar surface area (TPSA) is 49.3 Å². The first-order valence-corrected chi connectivity index (χ1v) is 4.61. The van der Waals surface area contributed by atoms with E-state index < -0.39 is 0 Å². The Hall–Kier alpha value is -1.79. The summed E-state index contributed by atoms with van der Waals surface area (Å²) in [6.07, 6.45) is 0. The molecule has 0 bridgehead atoms. The van der Waals surface area contributed by atoms with Gasteiger partial charge in [0.2, 0.25) is 0 Å². The molecule has 0 unspecified atom stereocenters. The van der Waals surface area contributed by atoms with Crippen molar-refractivity contribution in [2.75, 3.05) is 13.7 Å². The van der Waals surface area contributed by atoms with Gasteiger partial charge in [0.25, 0.3) is 5.91 Å². The molecule has 3 heteroatoms. The van der Waals surface area contributed by atoms with Gasteiger partial charge in [-0.25, -0.2) is 0 Å². The highest BCUT2D eigenvalue weighted by Crippen LogP contribution is 2.08. The zero-order chi connectivity index (χ0) is 11.3. The highest BCUT2D eigenvalue weighted by atomic mass is 16.2. The molecular formula is C12H13NO2. The van der Waals surface area contributed by atoms with Crippen LogP contribution in [-0.4, -0.2) is 24.7 Å². The smallest absolute Gasteiger partial charge is 0.251 e. The lowest BCUT2D eigenvalue weighted by Crippen LogP contribution is -2.17. The van der Waals surface area contributed by atoms with Crippen LogP contribution in [-0.2, 0) is 0 Å². The summed E-state index contributed by atoms with van der Waals surface area (Å²) >= 11 is 0. The van der Waals surface area contributed by atoms with Gasteiger partial charge in [0.15, 0.2) is 0 Å². The Kier molecular flexibility index (Phi) is 3.90. The van der Waals surface area contributed by atoms with Crippen molar-refractivity contribution < 1.29 is 9.90 Å². The number of carbonyl (C=O) groups excluding carboxylic acids is 1. The van der Waals surface area contributed by atoms with E-state index in [2.05, 4.69) is 17.2 Å². The molecule has 0 aliphatic heterocycles. The molecule has 0 radical (unpaired) electrons. The number of hydrogen-bond donors (Lipinski definition) is 2. The molecule has 15 heavy (non-hydrogen) atoms. The van der Waals surface area contributed by atoms with Crippen LogP contribution in [0.25, 0.3) is 0 Å². The van der Waals surface area contributed by atoms with Crippen molar-refractivity contribution in [2.24, 2.45) is 0 Å². The standard InChI is InChI=1S/C12H13NO2/c1-9-6-10(4-3-5-14)8-11(7-9)12(15)13-2/h6-8,14H,5H2,1-2H3,(H,13,15). The first kappa shape index (κ1) is 11.3. The number of nitrogens with one attached hydrogen (secondary N) is 1. The summed E-state index contributed by atoms with van der Waals surface area (Å²) in [4.78, 5) is 11.4. The molecule has 0 heterocycles. The molecule has 1 aromatic carbocycles. The Bertz CT molecular complexity index is 427. The predicted molar refractivity (Wildman–Crippen MR) is 58.5 cm³/mol. The fraction of sp³-hybridized carbons (Fsp3) is 0.250. The van der Waals surface area contributed by atoms with Crippen molar-refractivity contribution in [1.82, 2.24) is 5.32 Å². The molecule has 0 atom stereocenters. The van der Waals surface area contributed by atoms with Crippen LogP contribution in [0.3, 0.4) is 0 Å². The number of aryl methyl sites for hydroxylation is 1. The van der Waals surface area contributed by atoms with Crippen LogP contribution in [0.1, 0.15) is 21.5 Å². The van der Waals surface area contributed by atoms with Gasteiger partial charge in [0, 0.05) is 18.2 Å². The third-order valence-corrected chi connectivity index (χ3v) is 1.88. The number of rotatable bonds is 1. The van der Waals surface area contributed by atoms with Crippen LogP contribution in [0.2, 0.25) is 0 Å². The second-order valence-corrected chi connectivity index (χ2v) is 3.13. The second kappa shape index (κ2) is 5.18. The highest BCUT2D eigenvalue weighted by molar-refractivity contribution is 5.94. The molecule has 2 N–H and O–H groups in total. The minimum atomic E-state index is -0.177. The molecule has 1 aromatic rings. The van der Waals surface area contributed by atoms with Gasteiger partial charge < -0.3 is 10.4 Å². The molecule has 0 spiro atoms. The normalized spacial score (nSPS) is 9.00. The van der Waals surface area contributed by atoms with Gasteiger partial charge in [-0.1, -0.05) is 11.8 Å². The van der Waals surface area contributed by atoms with E-state index in [0.29, 0.717) is 5.56 Å². The maximum Gasteiger partial charge on any atom is 0.251 e. The maximum absolute atomic E-state index is 11.4. The Labute approximate surface area is 89.1 Å². The summed E-state index contributed by atoms with van der Waals surface area (Å²) in [6.45, 7) is 1.72. The average molecular weight is 203 g/mol. The lowest BCUT2D eigenvalue weighted by molar-refractivity contribution is 0.0963. The summed E-state index contributed by atoms with van der Waals surface area (Å²) in [5.41, 5.74) is 2.29. The Morgan fingerprint density at radius 3 is 2.80 bits per heavy atom. The van der Waals surface area contributed by atoms with Gasteiger partial charge in [-0.15, -0.1) is 0 Å². The Morgan fingerprint density at radius 2 is 2.20 bits per heavy atom. The van der Waals surface area contributed by atoms with E-state index in [1.807, 2.05) is 13.0 Å². The number of carbonyl (C=O) groups is 1. The molecule has 0 aliphatic rings. The van der Waals surface area contributed by atoms with Crippen molar-refractivity contribution >= 4 is 5.91 Å². The third kappa shape index (κ3) is 3.12. The fourth-order valence-corrected chi connectivity index (χ4v) is 1.27. The van der Waals surface area contributed by atoms with Crippen LogP contribution in [0.4, 0.5) is 0 Å². The molecule has 1 amide bonds. The molecule has 3 nitrogen and oxygen atoms in total. The SMILES string of the molecule is CNC(=O)c1cc(C)cc(C#CCO)c1. The average Bonchev–Trinajstić information content (AvgIpc) is 2.24. The number of aliphatic hydroxyl groups excluding tert-OH is 1. The summed E-state index contributed by atoms with van der Waals surface area (Å²) < 4.78 is 0. The summed E-state index contributed by atoms with van der Waals surface area (Å²) in [5.74, 6) is 5.19. The third-order valence-electron chi connectivity index (χ3n) is 1.88. The van der Waals surface area contributed by atoms with Crippen LogP contribution in [0, 0.1) is 18.8 Å². The molecular weight excluding hydrogens is 190 g/mol. The van der Waals surface area contributed by atoms with Gasteiger partial charge in [0.05, 0.1) is 0 Å². The summed E-state index contributed by atoms with van der Waals surface area (Å²) in [7, 11) is 1.59. The molecule has 0 aromatic heterocycles. The van der Waals surface area contributed by atoms with Gasteiger partial charge in [-0.05, 0) is 30.7 Å². The Morgan fingerprint density at radius 1 is 1.47 bits per heavy atom. The predicted octanol–water partition coefficient (Wildman–Crippen LogP) is 0.698. The van der Waals surface area contributed by atoms with Crippen molar-refractivity contribution in [2.45, 2.75) is 6.92 Å². The van der Waals surface area contributed by atoms with Gasteiger partial charge in [0.1, 0.15) is 6.61 Å². The first-order valence-electron chi connectivity index (χ1n) is 4.61. The van der Waals surface area contributed by atoms with E-state index in [9.17, 15) is 4.79 Å². The van der Waals surface area contributed by atoms with Gasteiger partial charge >= 0.3 is 0 Å². The molecule has 78 valence electrons. The van der Waals surface area contributed by atoms with E-state index in [0.717, 1.165) is 11.1 Å². The lowest BCUT2D eigenvalue weighted by Gasteiger charge is -2.02. The van der Waals surface area contributed by atoms with Crippen molar-refractivity contribution in [3.8, 4) is 11.8 Å². The quantitative estimate of drug-likeness (QED) is 0.660. The largest absolute Gasteiger partial charge is 0.384 e. The molecule has 1 rings (SSSR count). The van der Waals surface area contributed by atoms with E-state index in [4.69, 9.17) is 5.11 Å². The zero-order valence-electron chi connectivity index (χ0n) is 8.79. The van der Waals surface area contributed by atoms with E-state index in [-0.39, 0.29) is 12.5 Å². The minimum absolute atomic E-state index is 0.134. The van der Waals surface area contributed by atoms with Crippen molar-refractivity contribution in [3.05, 3.63) is 34.9 Å². The molecule has 0 saturated carbocycles. The molecule has 0 fully saturated rings. The van der Waals surface area contributed by atoms with Crippen LogP contribution in [0.5, 0.6) is 0 Å². The van der Waals surface area contributed by atoms with Gasteiger partial charge in [-0.3, -0.25) is 4.79 Å². The summed E-state index contributed by atoms with van der Waals surface area (Å²) in [6, 6.07) is 5.37. The van der Waals surface area contributed by atoms with Crippen molar-refractivity contribution in [3.63, 3.8) is 0 Å². The lowest BCUT2D eigenvalue weighted by atomic mass is 10.1. The van der Waals surface area contributed by atoms with Crippen LogP contribution < -0.4 is 5.32 Å². The number of amides is 1. The fourth-order valence-electron chi connectivity index (χ4n) is 1.27. The maximum atomic E-state index is 11.4. The second-order valence-electron chi connectivity index (χ2n) is 3.13. The zero-order valence-corrected chi connectivity index (χ0v) is 8.79. The van der Waals surface area contributed by atoms with E-state index in [1.54, 1.807) is 19.2 Å². The van der Waals surface area contributed by atoms with Crippen molar-refractivity contribution in [1.29, 1.82) is 0 Å². The molecule has 0 saturated heterocycles. The highest BCUT2D eigenvalue weighted by Gasteiger charge is 2.04. The minimum Gasteiger partial charge on any atom is -0.384 e. The van der Waals surface area contributed by atoms with Crippen LogP contribution >= 0.6 is 0 Å². The van der Waals surface area contributed by atoms with Gasteiger partial charge in [-0.2, -0.15) is 0 Å². The Balaban J connectivity index is 3.10. The van der Waals surface area contributed by atoms with Crippen LogP contribution in [0.15, 0.2) is 18.2 Å². The van der Waals surface area contributed by atoms with E-state index >= 15 is 0 Å². The monoisotopic (exact) mass is 203 g/mol. The summed E-state index contributed by atoms with van der Waals surface area (Å²) in [5, 5.41) is 11.1. The number of hydrogen-bond acceptors (Lipinski definition) is 2. The number of aliphatic hydroxyl groups is 1. The van der Waals surface area contributed by atoms with E-state index in [1.165, 1.54) is 0 Å². The molecule has 0 aliphatic carbocycles. The first-order chi connectivity index (χ1) is 7.17.